The van der Waals surface area contributed by atoms with Crippen molar-refractivity contribution in [2.75, 3.05) is 0 Å². The lowest BCUT2D eigenvalue weighted by Gasteiger charge is -1.91. The van der Waals surface area contributed by atoms with Crippen molar-refractivity contribution in [3.05, 3.63) is 52.3 Å². The second-order valence-electron chi connectivity index (χ2n) is 3.65. The zero-order valence-corrected chi connectivity index (χ0v) is 9.50. The summed E-state index contributed by atoms with van der Waals surface area (Å²) in [6.07, 6.45) is 1.34. The maximum absolute atomic E-state index is 10.5. The van der Waals surface area contributed by atoms with Gasteiger partial charge in [-0.25, -0.2) is 0 Å². The van der Waals surface area contributed by atoms with Crippen molar-refractivity contribution in [3.63, 3.8) is 0 Å². The number of fused-ring (bicyclic) bond motifs is 1. The van der Waals surface area contributed by atoms with Gasteiger partial charge >= 0.3 is 5.88 Å². The fraction of sp³-hybridized carbons (Fsp3) is 0. The predicted molar refractivity (Wildman–Crippen MR) is 65.9 cm³/mol. The number of benzene rings is 1. The summed E-state index contributed by atoms with van der Waals surface area (Å²) < 4.78 is 4.95. The first-order chi connectivity index (χ1) is 9.24. The average molecular weight is 257 g/mol. The Bertz CT molecular complexity index is 773. The van der Waals surface area contributed by atoms with E-state index in [-0.39, 0.29) is 11.6 Å². The first-order valence-electron chi connectivity index (χ1n) is 5.33. The number of furan rings is 1. The molecule has 8 heteroatoms. The lowest BCUT2D eigenvalue weighted by atomic mass is 10.3. The molecule has 0 N–H and O–H groups in total. The standard InChI is InChI=1S/C11H7N5O3/c17-16(18)11-6-5-8(19-11)7-12-15-10-4-2-1-3-9(10)13-14-15/h1-7H/b12-7+. The molecular weight excluding hydrogens is 250 g/mol. The van der Waals surface area contributed by atoms with Crippen LogP contribution in [0.4, 0.5) is 5.88 Å². The van der Waals surface area contributed by atoms with Gasteiger partial charge in [-0.05, 0) is 23.4 Å². The van der Waals surface area contributed by atoms with Crippen molar-refractivity contribution < 1.29 is 9.34 Å². The number of rotatable bonds is 3. The highest BCUT2D eigenvalue weighted by Crippen LogP contribution is 2.14. The zero-order valence-electron chi connectivity index (χ0n) is 9.50. The van der Waals surface area contributed by atoms with Crippen LogP contribution in [0.2, 0.25) is 0 Å². The Morgan fingerprint density at radius 3 is 2.95 bits per heavy atom. The third-order valence-electron chi connectivity index (χ3n) is 2.42. The Labute approximate surface area is 106 Å². The van der Waals surface area contributed by atoms with Crippen molar-refractivity contribution in [2.45, 2.75) is 0 Å². The minimum atomic E-state index is -0.609. The maximum Gasteiger partial charge on any atom is 0.433 e. The van der Waals surface area contributed by atoms with E-state index >= 15 is 0 Å². The molecule has 0 amide bonds. The van der Waals surface area contributed by atoms with Gasteiger partial charge in [0.25, 0.3) is 0 Å². The molecule has 0 saturated carbocycles. The van der Waals surface area contributed by atoms with Gasteiger partial charge in [0.05, 0.1) is 12.3 Å². The van der Waals surface area contributed by atoms with Crippen molar-refractivity contribution in [1.29, 1.82) is 0 Å². The average Bonchev–Trinajstić information content (AvgIpc) is 3.03. The predicted octanol–water partition coefficient (Wildman–Crippen LogP) is 1.81. The van der Waals surface area contributed by atoms with E-state index in [2.05, 4.69) is 15.4 Å². The monoisotopic (exact) mass is 257 g/mol. The number of nitrogens with zero attached hydrogens (tertiary/aromatic N) is 5. The third kappa shape index (κ3) is 2.06. The van der Waals surface area contributed by atoms with Gasteiger partial charge in [-0.3, -0.25) is 10.1 Å². The van der Waals surface area contributed by atoms with Crippen molar-refractivity contribution in [3.8, 4) is 0 Å². The molecule has 0 aliphatic rings. The molecule has 0 radical (unpaired) electrons. The topological polar surface area (TPSA) is 99.3 Å². The number of hydrogen-bond donors (Lipinski definition) is 0. The van der Waals surface area contributed by atoms with E-state index in [4.69, 9.17) is 4.42 Å². The molecule has 0 atom stereocenters. The van der Waals surface area contributed by atoms with Gasteiger partial charge < -0.3 is 4.42 Å². The van der Waals surface area contributed by atoms with Gasteiger partial charge in [0.2, 0.25) is 0 Å². The number of nitro groups is 1. The molecular formula is C11H7N5O3. The van der Waals surface area contributed by atoms with Crippen LogP contribution in [0.3, 0.4) is 0 Å². The fourth-order valence-corrected chi connectivity index (χ4v) is 1.56. The SMILES string of the molecule is O=[N+]([O-])c1ccc(/C=N/n2nnc3ccccc32)o1. The first-order valence-corrected chi connectivity index (χ1v) is 5.33. The van der Waals surface area contributed by atoms with Crippen LogP contribution in [0.15, 0.2) is 45.9 Å². The summed E-state index contributed by atoms with van der Waals surface area (Å²) in [5.74, 6) is -0.0591. The molecule has 19 heavy (non-hydrogen) atoms. The van der Waals surface area contributed by atoms with Crippen LogP contribution in [-0.2, 0) is 0 Å². The molecule has 0 saturated heterocycles. The highest BCUT2D eigenvalue weighted by atomic mass is 16.6. The molecule has 3 aromatic rings. The Hall–Kier alpha value is -3.03. The van der Waals surface area contributed by atoms with Crippen LogP contribution in [0, 0.1) is 10.1 Å². The lowest BCUT2D eigenvalue weighted by Crippen LogP contribution is -1.92. The Morgan fingerprint density at radius 1 is 1.32 bits per heavy atom. The number of aromatic nitrogens is 3. The molecule has 0 bridgehead atoms. The quantitative estimate of drug-likeness (QED) is 0.404. The summed E-state index contributed by atoms with van der Waals surface area (Å²) in [6.45, 7) is 0. The molecule has 1 aromatic carbocycles. The summed E-state index contributed by atoms with van der Waals surface area (Å²) in [5.41, 5.74) is 1.45. The lowest BCUT2D eigenvalue weighted by molar-refractivity contribution is -0.402. The van der Waals surface area contributed by atoms with Crippen LogP contribution in [-0.4, -0.2) is 26.2 Å². The van der Waals surface area contributed by atoms with E-state index < -0.39 is 4.92 Å². The Morgan fingerprint density at radius 2 is 2.16 bits per heavy atom. The number of hydrogen-bond acceptors (Lipinski definition) is 6. The van der Waals surface area contributed by atoms with Gasteiger partial charge in [-0.1, -0.05) is 12.1 Å². The minimum Gasteiger partial charge on any atom is -0.400 e. The van der Waals surface area contributed by atoms with Crippen LogP contribution in [0.25, 0.3) is 11.0 Å². The van der Waals surface area contributed by atoms with E-state index in [0.29, 0.717) is 5.52 Å². The normalized spacial score (nSPS) is 11.4. The summed E-state index contributed by atoms with van der Waals surface area (Å²) in [6, 6.07) is 10.0. The largest absolute Gasteiger partial charge is 0.433 e. The van der Waals surface area contributed by atoms with Gasteiger partial charge in [-0.2, -0.15) is 5.10 Å². The second-order valence-corrected chi connectivity index (χ2v) is 3.65. The molecule has 8 nitrogen and oxygen atoms in total. The van der Waals surface area contributed by atoms with Crippen molar-refractivity contribution in [1.82, 2.24) is 15.1 Å². The van der Waals surface area contributed by atoms with Crippen LogP contribution in [0.1, 0.15) is 5.76 Å². The molecule has 3 rings (SSSR count). The molecule has 0 spiro atoms. The van der Waals surface area contributed by atoms with Crippen LogP contribution in [0.5, 0.6) is 0 Å². The molecule has 2 heterocycles. The molecule has 0 aliphatic carbocycles. The Balaban J connectivity index is 1.91. The van der Waals surface area contributed by atoms with E-state index in [1.807, 2.05) is 24.3 Å². The zero-order chi connectivity index (χ0) is 13.2. The van der Waals surface area contributed by atoms with Gasteiger partial charge in [-0.15, -0.1) is 9.89 Å². The first kappa shape index (κ1) is 11.1. The molecule has 2 aromatic heterocycles. The van der Waals surface area contributed by atoms with Gasteiger partial charge in [0.1, 0.15) is 16.0 Å². The minimum absolute atomic E-state index is 0.270. The Kier molecular flexibility index (Phi) is 2.53. The van der Waals surface area contributed by atoms with Gasteiger partial charge in [0.15, 0.2) is 5.76 Å². The summed E-state index contributed by atoms with van der Waals surface area (Å²) >= 11 is 0. The van der Waals surface area contributed by atoms with Crippen molar-refractivity contribution in [2.24, 2.45) is 5.10 Å². The van der Waals surface area contributed by atoms with E-state index in [9.17, 15) is 10.1 Å². The van der Waals surface area contributed by atoms with E-state index in [1.165, 1.54) is 23.1 Å². The van der Waals surface area contributed by atoms with Gasteiger partial charge in [0, 0.05) is 0 Å². The fourth-order valence-electron chi connectivity index (χ4n) is 1.56. The van der Waals surface area contributed by atoms with Crippen molar-refractivity contribution >= 4 is 23.1 Å². The summed E-state index contributed by atoms with van der Waals surface area (Å²) in [7, 11) is 0. The molecule has 0 unspecified atom stereocenters. The summed E-state index contributed by atoms with van der Waals surface area (Å²) in [4.78, 5) is 11.2. The molecule has 0 aliphatic heterocycles. The molecule has 94 valence electrons. The number of para-hydroxylation sites is 1. The smallest absolute Gasteiger partial charge is 0.400 e. The summed E-state index contributed by atoms with van der Waals surface area (Å²) in [5, 5.41) is 22.3. The van der Waals surface area contributed by atoms with E-state index in [0.717, 1.165) is 5.52 Å². The van der Waals surface area contributed by atoms with Crippen LogP contribution >= 0.6 is 0 Å². The second kappa shape index (κ2) is 4.33. The highest BCUT2D eigenvalue weighted by Gasteiger charge is 2.10. The molecule has 0 fully saturated rings. The van der Waals surface area contributed by atoms with E-state index in [1.54, 1.807) is 0 Å². The maximum atomic E-state index is 10.5. The highest BCUT2D eigenvalue weighted by molar-refractivity contribution is 5.78. The van der Waals surface area contributed by atoms with Crippen LogP contribution < -0.4 is 0 Å². The third-order valence-corrected chi connectivity index (χ3v) is 2.42.